The van der Waals surface area contributed by atoms with Gasteiger partial charge in [0, 0.05) is 25.4 Å². The molecule has 0 saturated carbocycles. The normalized spacial score (nSPS) is 12.5. The predicted octanol–water partition coefficient (Wildman–Crippen LogP) is 2.60. The molecule has 0 aromatic heterocycles. The Balaban J connectivity index is 2.62. The van der Waals surface area contributed by atoms with Crippen molar-refractivity contribution >= 4 is 5.69 Å². The lowest BCUT2D eigenvalue weighted by atomic mass is 10.1. The van der Waals surface area contributed by atoms with Gasteiger partial charge in [0.25, 0.3) is 0 Å². The lowest BCUT2D eigenvalue weighted by Crippen LogP contribution is -2.27. The lowest BCUT2D eigenvalue weighted by molar-refractivity contribution is 0.154. The quantitative estimate of drug-likeness (QED) is 0.740. The predicted molar refractivity (Wildman–Crippen MR) is 71.5 cm³/mol. The molecule has 3 heteroatoms. The van der Waals surface area contributed by atoms with Crippen LogP contribution in [0.25, 0.3) is 0 Å². The fourth-order valence-corrected chi connectivity index (χ4v) is 1.75. The van der Waals surface area contributed by atoms with E-state index in [4.69, 9.17) is 4.74 Å². The van der Waals surface area contributed by atoms with E-state index >= 15 is 0 Å². The zero-order chi connectivity index (χ0) is 12.7. The first kappa shape index (κ1) is 14.0. The van der Waals surface area contributed by atoms with Crippen molar-refractivity contribution in [3.63, 3.8) is 0 Å². The Bertz CT molecular complexity index is 309. The third-order valence-electron chi connectivity index (χ3n) is 2.83. The highest BCUT2D eigenvalue weighted by atomic mass is 16.5. The molecular formula is C14H23NO2. The minimum Gasteiger partial charge on any atom is -0.389 e. The number of likely N-dealkylation sites (N-methyl/N-ethyl adjacent to an activating group) is 1. The zero-order valence-corrected chi connectivity index (χ0v) is 11.0. The van der Waals surface area contributed by atoms with Crippen LogP contribution in [0.2, 0.25) is 0 Å². The van der Waals surface area contributed by atoms with Gasteiger partial charge >= 0.3 is 0 Å². The summed E-state index contributed by atoms with van der Waals surface area (Å²) in [5.41, 5.74) is 2.13. The number of anilines is 1. The number of nitrogens with zero attached hydrogens (tertiary/aromatic N) is 1. The second kappa shape index (κ2) is 7.30. The number of rotatable bonds is 7. The largest absolute Gasteiger partial charge is 0.389 e. The molecule has 3 nitrogen and oxygen atoms in total. The highest BCUT2D eigenvalue weighted by molar-refractivity contribution is 5.47. The summed E-state index contributed by atoms with van der Waals surface area (Å²) >= 11 is 0. The van der Waals surface area contributed by atoms with Gasteiger partial charge in [-0.05, 0) is 38.5 Å². The fraction of sp³-hybridized carbons (Fsp3) is 0.571. The summed E-state index contributed by atoms with van der Waals surface area (Å²) in [6, 6.07) is 8.06. The molecule has 0 fully saturated rings. The van der Waals surface area contributed by atoms with Gasteiger partial charge in [-0.2, -0.15) is 0 Å². The van der Waals surface area contributed by atoms with E-state index in [9.17, 15) is 5.11 Å². The molecule has 0 heterocycles. The maximum Gasteiger partial charge on any atom is 0.0761 e. The van der Waals surface area contributed by atoms with Crippen LogP contribution in [-0.2, 0) is 4.74 Å². The van der Waals surface area contributed by atoms with E-state index in [1.165, 1.54) is 5.69 Å². The molecule has 1 aromatic rings. The van der Waals surface area contributed by atoms with Crippen molar-refractivity contribution in [2.75, 3.05) is 31.2 Å². The van der Waals surface area contributed by atoms with Crippen LogP contribution in [0.15, 0.2) is 24.3 Å². The highest BCUT2D eigenvalue weighted by Crippen LogP contribution is 2.18. The summed E-state index contributed by atoms with van der Waals surface area (Å²) in [6.45, 7) is 9.30. The number of benzene rings is 1. The average molecular weight is 237 g/mol. The van der Waals surface area contributed by atoms with E-state index in [1.54, 1.807) is 6.92 Å². The minimum absolute atomic E-state index is 0.400. The third kappa shape index (κ3) is 4.36. The second-order valence-electron chi connectivity index (χ2n) is 4.04. The van der Waals surface area contributed by atoms with Crippen molar-refractivity contribution in [2.45, 2.75) is 26.9 Å². The fourth-order valence-electron chi connectivity index (χ4n) is 1.75. The van der Waals surface area contributed by atoms with Crippen LogP contribution < -0.4 is 4.90 Å². The van der Waals surface area contributed by atoms with Crippen molar-refractivity contribution in [1.82, 2.24) is 0 Å². The second-order valence-corrected chi connectivity index (χ2v) is 4.04. The first-order valence-corrected chi connectivity index (χ1v) is 6.29. The first-order valence-electron chi connectivity index (χ1n) is 6.29. The standard InChI is InChI=1S/C14H23NO2/c1-4-15(10-11-17-5-2)14-8-6-13(7-9-14)12(3)16/h6-9,12,16H,4-5,10-11H2,1-3H3/t12-/m1/s1. The molecule has 0 bridgehead atoms. The van der Waals surface area contributed by atoms with E-state index in [2.05, 4.69) is 24.0 Å². The van der Waals surface area contributed by atoms with Crippen molar-refractivity contribution < 1.29 is 9.84 Å². The minimum atomic E-state index is -0.400. The Morgan fingerprint density at radius 3 is 2.35 bits per heavy atom. The maximum absolute atomic E-state index is 9.45. The van der Waals surface area contributed by atoms with E-state index in [0.717, 1.165) is 31.9 Å². The molecule has 0 saturated heterocycles. The van der Waals surface area contributed by atoms with Gasteiger partial charge in [-0.1, -0.05) is 12.1 Å². The summed E-state index contributed by atoms with van der Waals surface area (Å²) in [6.07, 6.45) is -0.400. The summed E-state index contributed by atoms with van der Waals surface area (Å²) in [5.74, 6) is 0. The monoisotopic (exact) mass is 237 g/mol. The van der Waals surface area contributed by atoms with Gasteiger partial charge in [-0.25, -0.2) is 0 Å². The summed E-state index contributed by atoms with van der Waals surface area (Å²) in [4.78, 5) is 2.27. The van der Waals surface area contributed by atoms with Crippen LogP contribution in [0.5, 0.6) is 0 Å². The van der Waals surface area contributed by atoms with Crippen LogP contribution in [0.4, 0.5) is 5.69 Å². The van der Waals surface area contributed by atoms with Crippen molar-refractivity contribution in [3.8, 4) is 0 Å². The molecule has 96 valence electrons. The molecule has 1 rings (SSSR count). The number of hydrogen-bond donors (Lipinski definition) is 1. The topological polar surface area (TPSA) is 32.7 Å². The average Bonchev–Trinajstić information content (AvgIpc) is 2.35. The van der Waals surface area contributed by atoms with Gasteiger partial charge in [0.2, 0.25) is 0 Å². The van der Waals surface area contributed by atoms with Crippen molar-refractivity contribution in [2.24, 2.45) is 0 Å². The van der Waals surface area contributed by atoms with E-state index < -0.39 is 6.10 Å². The Hall–Kier alpha value is -1.06. The van der Waals surface area contributed by atoms with E-state index in [-0.39, 0.29) is 0 Å². The first-order chi connectivity index (χ1) is 8.19. The summed E-state index contributed by atoms with van der Waals surface area (Å²) < 4.78 is 5.37. The van der Waals surface area contributed by atoms with Crippen LogP contribution in [0.3, 0.4) is 0 Å². The Morgan fingerprint density at radius 2 is 1.88 bits per heavy atom. The van der Waals surface area contributed by atoms with Crippen molar-refractivity contribution in [3.05, 3.63) is 29.8 Å². The van der Waals surface area contributed by atoms with Crippen LogP contribution in [-0.4, -0.2) is 31.4 Å². The van der Waals surface area contributed by atoms with Gasteiger partial charge in [-0.15, -0.1) is 0 Å². The summed E-state index contributed by atoms with van der Waals surface area (Å²) in [5, 5.41) is 9.45. The third-order valence-corrected chi connectivity index (χ3v) is 2.83. The molecule has 1 atom stereocenters. The lowest BCUT2D eigenvalue weighted by Gasteiger charge is -2.23. The molecule has 0 aliphatic carbocycles. The smallest absolute Gasteiger partial charge is 0.0761 e. The van der Waals surface area contributed by atoms with Crippen LogP contribution in [0, 0.1) is 0 Å². The number of aliphatic hydroxyl groups excluding tert-OH is 1. The van der Waals surface area contributed by atoms with Gasteiger partial charge in [0.1, 0.15) is 0 Å². The molecular weight excluding hydrogens is 214 g/mol. The van der Waals surface area contributed by atoms with Crippen LogP contribution in [0.1, 0.15) is 32.4 Å². The molecule has 0 aliphatic rings. The molecule has 0 unspecified atom stereocenters. The van der Waals surface area contributed by atoms with Crippen LogP contribution >= 0.6 is 0 Å². The van der Waals surface area contributed by atoms with Gasteiger partial charge in [0.15, 0.2) is 0 Å². The molecule has 17 heavy (non-hydrogen) atoms. The SMILES string of the molecule is CCOCCN(CC)c1ccc([C@@H](C)O)cc1. The Kier molecular flexibility index (Phi) is 6.01. The number of ether oxygens (including phenoxy) is 1. The van der Waals surface area contributed by atoms with Crippen molar-refractivity contribution in [1.29, 1.82) is 0 Å². The molecule has 0 radical (unpaired) electrons. The number of hydrogen-bond acceptors (Lipinski definition) is 3. The molecule has 0 aliphatic heterocycles. The summed E-state index contributed by atoms with van der Waals surface area (Å²) in [7, 11) is 0. The molecule has 1 N–H and O–H groups in total. The van der Waals surface area contributed by atoms with Gasteiger partial charge in [-0.3, -0.25) is 0 Å². The molecule has 1 aromatic carbocycles. The highest BCUT2D eigenvalue weighted by Gasteiger charge is 2.05. The Labute approximate surface area is 104 Å². The van der Waals surface area contributed by atoms with Gasteiger partial charge in [0.05, 0.1) is 12.7 Å². The Morgan fingerprint density at radius 1 is 1.24 bits per heavy atom. The van der Waals surface area contributed by atoms with Gasteiger partial charge < -0.3 is 14.7 Å². The number of aliphatic hydroxyl groups is 1. The zero-order valence-electron chi connectivity index (χ0n) is 11.0. The maximum atomic E-state index is 9.45. The molecule has 0 amide bonds. The van der Waals surface area contributed by atoms with E-state index in [1.807, 2.05) is 19.1 Å². The van der Waals surface area contributed by atoms with E-state index in [0.29, 0.717) is 0 Å². The molecule has 0 spiro atoms.